The Morgan fingerprint density at radius 3 is 3.00 bits per heavy atom. The van der Waals surface area contributed by atoms with Gasteiger partial charge in [0.05, 0.1) is 22.9 Å². The first-order valence-electron chi connectivity index (χ1n) is 5.11. The van der Waals surface area contributed by atoms with Crippen LogP contribution in [0.2, 0.25) is 5.02 Å². The minimum atomic E-state index is 0.431. The molecular weight excluding hydrogens is 260 g/mol. The zero-order valence-corrected chi connectivity index (χ0v) is 10.3. The maximum Gasteiger partial charge on any atom is 0.215 e. The summed E-state index contributed by atoms with van der Waals surface area (Å²) in [6.45, 7) is 0. The Morgan fingerprint density at radius 2 is 2.29 bits per heavy atom. The third-order valence-electron chi connectivity index (χ3n) is 2.37. The predicted octanol–water partition coefficient (Wildman–Crippen LogP) is 1.79. The first kappa shape index (κ1) is 10.8. The molecule has 0 amide bonds. The van der Waals surface area contributed by atoms with E-state index in [0.29, 0.717) is 26.9 Å². The van der Waals surface area contributed by atoms with E-state index in [4.69, 9.17) is 17.3 Å². The van der Waals surface area contributed by atoms with Crippen molar-refractivity contribution in [2.45, 2.75) is 29.1 Å². The van der Waals surface area contributed by atoms with E-state index in [1.165, 1.54) is 11.8 Å². The fourth-order valence-corrected chi connectivity index (χ4v) is 2.48. The fraction of sp³-hybridized carbons (Fsp3) is 0.333. The smallest absolute Gasteiger partial charge is 0.215 e. The second-order valence-corrected chi connectivity index (χ2v) is 5.16. The van der Waals surface area contributed by atoms with Crippen LogP contribution in [0.5, 0.6) is 0 Å². The molecule has 2 heterocycles. The number of nitrogens with zero attached hydrogens (tertiary/aromatic N) is 5. The molecule has 1 aliphatic rings. The van der Waals surface area contributed by atoms with E-state index in [9.17, 15) is 0 Å². The standard InChI is InChI=1S/C9H9ClN6S/c10-7-3-5(11)4-12-8(7)17-9-13-14-15-16(9)6-1-2-6/h3-4,6H,1-2,11H2. The molecular formula is C9H9ClN6S. The Kier molecular flexibility index (Phi) is 2.64. The van der Waals surface area contributed by atoms with Crippen LogP contribution in [-0.4, -0.2) is 25.2 Å². The minimum Gasteiger partial charge on any atom is -0.397 e. The second-order valence-electron chi connectivity index (χ2n) is 3.79. The fourth-order valence-electron chi connectivity index (χ4n) is 1.40. The Hall–Kier alpha value is -1.34. The van der Waals surface area contributed by atoms with Crippen LogP contribution in [-0.2, 0) is 0 Å². The van der Waals surface area contributed by atoms with E-state index in [2.05, 4.69) is 20.5 Å². The lowest BCUT2D eigenvalue weighted by molar-refractivity contribution is 0.565. The molecule has 0 unspecified atom stereocenters. The van der Waals surface area contributed by atoms with Crippen molar-refractivity contribution in [2.24, 2.45) is 0 Å². The summed E-state index contributed by atoms with van der Waals surface area (Å²) < 4.78 is 1.82. The second kappa shape index (κ2) is 4.15. The summed E-state index contributed by atoms with van der Waals surface area (Å²) in [5.41, 5.74) is 6.13. The molecule has 2 aromatic heterocycles. The van der Waals surface area contributed by atoms with Crippen molar-refractivity contribution in [2.75, 3.05) is 5.73 Å². The highest BCUT2D eigenvalue weighted by Gasteiger charge is 2.28. The van der Waals surface area contributed by atoms with Gasteiger partial charge >= 0.3 is 0 Å². The average Bonchev–Trinajstić information content (AvgIpc) is 3.03. The van der Waals surface area contributed by atoms with E-state index in [0.717, 1.165) is 12.8 Å². The largest absolute Gasteiger partial charge is 0.397 e. The Balaban J connectivity index is 1.88. The number of nitrogen functional groups attached to an aromatic ring is 1. The van der Waals surface area contributed by atoms with E-state index in [1.807, 2.05) is 4.68 Å². The van der Waals surface area contributed by atoms with Gasteiger partial charge in [-0.05, 0) is 41.1 Å². The number of aromatic nitrogens is 5. The van der Waals surface area contributed by atoms with E-state index in [-0.39, 0.29) is 0 Å². The maximum absolute atomic E-state index is 6.05. The van der Waals surface area contributed by atoms with E-state index >= 15 is 0 Å². The van der Waals surface area contributed by atoms with Crippen molar-refractivity contribution in [3.63, 3.8) is 0 Å². The highest BCUT2D eigenvalue weighted by molar-refractivity contribution is 7.99. The lowest BCUT2D eigenvalue weighted by Crippen LogP contribution is -1.99. The van der Waals surface area contributed by atoms with Crippen LogP contribution in [0.4, 0.5) is 5.69 Å². The molecule has 1 aliphatic carbocycles. The van der Waals surface area contributed by atoms with E-state index < -0.39 is 0 Å². The molecule has 0 radical (unpaired) electrons. The van der Waals surface area contributed by atoms with Crippen molar-refractivity contribution < 1.29 is 0 Å². The molecule has 0 aliphatic heterocycles. The van der Waals surface area contributed by atoms with Crippen molar-refractivity contribution in [1.82, 2.24) is 25.2 Å². The highest BCUT2D eigenvalue weighted by atomic mass is 35.5. The van der Waals surface area contributed by atoms with Crippen LogP contribution >= 0.6 is 23.4 Å². The molecule has 8 heteroatoms. The summed E-state index contributed by atoms with van der Waals surface area (Å²) in [6, 6.07) is 2.10. The van der Waals surface area contributed by atoms with Crippen molar-refractivity contribution in [3.8, 4) is 0 Å². The molecule has 2 N–H and O–H groups in total. The third-order valence-corrected chi connectivity index (χ3v) is 3.74. The molecule has 0 bridgehead atoms. The summed E-state index contributed by atoms with van der Waals surface area (Å²) in [5.74, 6) is 0. The van der Waals surface area contributed by atoms with Crippen molar-refractivity contribution >= 4 is 29.1 Å². The summed E-state index contributed by atoms with van der Waals surface area (Å²) in [6.07, 6.45) is 3.82. The molecule has 0 spiro atoms. The van der Waals surface area contributed by atoms with Gasteiger partial charge in [0.15, 0.2) is 0 Å². The quantitative estimate of drug-likeness (QED) is 0.914. The Morgan fingerprint density at radius 1 is 1.47 bits per heavy atom. The van der Waals surface area contributed by atoms with Crippen LogP contribution in [0.15, 0.2) is 22.4 Å². The number of tetrazole rings is 1. The molecule has 0 atom stereocenters. The van der Waals surface area contributed by atoms with Crippen LogP contribution in [0, 0.1) is 0 Å². The number of rotatable bonds is 3. The lowest BCUT2D eigenvalue weighted by atomic mass is 10.4. The predicted molar refractivity (Wildman–Crippen MR) is 63.9 cm³/mol. The van der Waals surface area contributed by atoms with Gasteiger partial charge in [0.1, 0.15) is 5.03 Å². The zero-order valence-electron chi connectivity index (χ0n) is 8.75. The highest BCUT2D eigenvalue weighted by Crippen LogP contribution is 2.38. The Bertz CT molecular complexity index is 552. The summed E-state index contributed by atoms with van der Waals surface area (Å²) in [4.78, 5) is 4.17. The normalized spacial score (nSPS) is 15.1. The summed E-state index contributed by atoms with van der Waals surface area (Å²) >= 11 is 7.41. The first-order chi connectivity index (χ1) is 8.24. The maximum atomic E-state index is 6.05. The van der Waals surface area contributed by atoms with Gasteiger partial charge in [-0.3, -0.25) is 0 Å². The lowest BCUT2D eigenvalue weighted by Gasteiger charge is -2.03. The van der Waals surface area contributed by atoms with Gasteiger partial charge in [-0.1, -0.05) is 11.6 Å². The van der Waals surface area contributed by atoms with Gasteiger partial charge in [0.25, 0.3) is 0 Å². The number of hydrogen-bond donors (Lipinski definition) is 1. The van der Waals surface area contributed by atoms with Gasteiger partial charge in [-0.25, -0.2) is 9.67 Å². The number of halogens is 1. The molecule has 0 aromatic carbocycles. The average molecular weight is 269 g/mol. The molecule has 3 rings (SSSR count). The molecule has 1 fully saturated rings. The number of nitrogens with two attached hydrogens (primary N) is 1. The van der Waals surface area contributed by atoms with Crippen molar-refractivity contribution in [3.05, 3.63) is 17.3 Å². The van der Waals surface area contributed by atoms with Gasteiger partial charge in [-0.15, -0.1) is 5.10 Å². The van der Waals surface area contributed by atoms with Crippen LogP contribution in [0.1, 0.15) is 18.9 Å². The van der Waals surface area contributed by atoms with Gasteiger partial charge < -0.3 is 5.73 Å². The minimum absolute atomic E-state index is 0.431. The van der Waals surface area contributed by atoms with E-state index in [1.54, 1.807) is 12.3 Å². The summed E-state index contributed by atoms with van der Waals surface area (Å²) in [5, 5.41) is 13.5. The molecule has 17 heavy (non-hydrogen) atoms. The molecule has 6 nitrogen and oxygen atoms in total. The molecule has 88 valence electrons. The monoisotopic (exact) mass is 268 g/mol. The van der Waals surface area contributed by atoms with Crippen LogP contribution in [0.3, 0.4) is 0 Å². The third kappa shape index (κ3) is 2.20. The van der Waals surface area contributed by atoms with Gasteiger partial charge in [0.2, 0.25) is 5.16 Å². The zero-order chi connectivity index (χ0) is 11.8. The van der Waals surface area contributed by atoms with Crippen LogP contribution < -0.4 is 5.73 Å². The topological polar surface area (TPSA) is 82.5 Å². The number of hydrogen-bond acceptors (Lipinski definition) is 6. The van der Waals surface area contributed by atoms with Gasteiger partial charge in [-0.2, -0.15) is 0 Å². The number of pyridine rings is 1. The summed E-state index contributed by atoms with van der Waals surface area (Å²) in [7, 11) is 0. The van der Waals surface area contributed by atoms with Gasteiger partial charge in [0, 0.05) is 0 Å². The van der Waals surface area contributed by atoms with Crippen LogP contribution in [0.25, 0.3) is 0 Å². The number of anilines is 1. The molecule has 2 aromatic rings. The first-order valence-corrected chi connectivity index (χ1v) is 6.30. The SMILES string of the molecule is Nc1cnc(Sc2nnnn2C2CC2)c(Cl)c1. The molecule has 0 saturated heterocycles. The Labute approximate surface area is 107 Å². The van der Waals surface area contributed by atoms with Crippen molar-refractivity contribution in [1.29, 1.82) is 0 Å². The molecule has 1 saturated carbocycles.